The Labute approximate surface area is 120 Å². The Morgan fingerprint density at radius 3 is 2.86 bits per heavy atom. The topological polar surface area (TPSA) is 47.8 Å². The first-order chi connectivity index (χ1) is 10.0. The van der Waals surface area contributed by atoms with E-state index < -0.39 is 46.6 Å². The van der Waals surface area contributed by atoms with Crippen molar-refractivity contribution in [2.24, 2.45) is 5.92 Å². The Morgan fingerprint density at radius 1 is 1.38 bits per heavy atom. The molecular weight excluding hydrogens is 310 g/mol. The Morgan fingerprint density at radius 2 is 2.14 bits per heavy atom. The van der Waals surface area contributed by atoms with E-state index in [0.717, 1.165) is 16.8 Å². The zero-order valence-corrected chi connectivity index (χ0v) is 11.5. The van der Waals surface area contributed by atoms with Gasteiger partial charge in [-0.15, -0.1) is 5.10 Å². The normalized spacial score (nSPS) is 29.8. The first-order valence-corrected chi connectivity index (χ1v) is 7.59. The summed E-state index contributed by atoms with van der Waals surface area (Å²) in [5, 5.41) is 3.49. The predicted octanol–water partition coefficient (Wildman–Crippen LogP) is 2.99. The Hall–Kier alpha value is -1.51. The number of rotatable bonds is 3. The lowest BCUT2D eigenvalue weighted by Gasteiger charge is -2.23. The molecule has 0 fully saturated rings. The van der Waals surface area contributed by atoms with Gasteiger partial charge in [0.25, 0.3) is 0 Å². The zero-order valence-electron chi connectivity index (χ0n) is 10.7. The summed E-state index contributed by atoms with van der Waals surface area (Å²) in [6.07, 6.45) is 0.235. The van der Waals surface area contributed by atoms with E-state index in [-0.39, 0.29) is 23.8 Å². The van der Waals surface area contributed by atoms with E-state index in [9.17, 15) is 21.8 Å². The first-order valence-electron chi connectivity index (χ1n) is 6.28. The van der Waals surface area contributed by atoms with Gasteiger partial charge >= 0.3 is 0 Å². The van der Waals surface area contributed by atoms with Crippen molar-refractivity contribution in [1.29, 1.82) is 0 Å². The lowest BCUT2D eigenvalue weighted by atomic mass is 9.89. The van der Waals surface area contributed by atoms with Crippen molar-refractivity contribution in [2.45, 2.75) is 30.2 Å². The summed E-state index contributed by atoms with van der Waals surface area (Å²) in [6.45, 7) is 0. The number of hydrogen-bond donors (Lipinski definition) is 0. The highest BCUT2D eigenvalue weighted by molar-refractivity contribution is 7.84. The molecule has 4 nitrogen and oxygen atoms in total. The fourth-order valence-electron chi connectivity index (χ4n) is 2.66. The highest BCUT2D eigenvalue weighted by Gasteiger charge is 2.41. The van der Waals surface area contributed by atoms with E-state index in [2.05, 4.69) is 10.1 Å². The van der Waals surface area contributed by atoms with Crippen molar-refractivity contribution < 1.29 is 21.8 Å². The van der Waals surface area contributed by atoms with Crippen LogP contribution in [0.25, 0.3) is 0 Å². The van der Waals surface area contributed by atoms with Crippen LogP contribution in [0, 0.1) is 5.92 Å². The highest BCUT2D eigenvalue weighted by atomic mass is 32.2. The summed E-state index contributed by atoms with van der Waals surface area (Å²) < 4.78 is 66.0. The van der Waals surface area contributed by atoms with Crippen LogP contribution in [0.5, 0.6) is 0 Å². The van der Waals surface area contributed by atoms with Crippen LogP contribution in [0.3, 0.4) is 0 Å². The molecule has 114 valence electrons. The van der Waals surface area contributed by atoms with E-state index in [1.807, 2.05) is 0 Å². The second-order valence-electron chi connectivity index (χ2n) is 4.90. The second kappa shape index (κ2) is 5.36. The van der Waals surface area contributed by atoms with Gasteiger partial charge in [-0.05, 0) is 12.2 Å². The minimum Gasteiger partial charge on any atom is -0.248 e. The van der Waals surface area contributed by atoms with Crippen LogP contribution in [0.2, 0.25) is 0 Å². The molecule has 1 aromatic heterocycles. The Bertz CT molecular complexity index is 657. The van der Waals surface area contributed by atoms with Gasteiger partial charge in [0.15, 0.2) is 18.0 Å². The SMILES string of the molecule is O=[S@](CF)c1nc2n(n1)[C@H](C1CC(F)=CC=C1F)C[C@@H]2F. The van der Waals surface area contributed by atoms with Crippen LogP contribution in [0.1, 0.15) is 30.9 Å². The van der Waals surface area contributed by atoms with Crippen LogP contribution < -0.4 is 0 Å². The van der Waals surface area contributed by atoms with E-state index in [4.69, 9.17) is 0 Å². The Balaban J connectivity index is 1.95. The van der Waals surface area contributed by atoms with Gasteiger partial charge in [0, 0.05) is 18.8 Å². The van der Waals surface area contributed by atoms with Crippen molar-refractivity contribution in [3.8, 4) is 0 Å². The third-order valence-electron chi connectivity index (χ3n) is 3.64. The first kappa shape index (κ1) is 14.4. The molecule has 0 saturated carbocycles. The molecular formula is C12H11F4N3OS. The molecule has 0 amide bonds. The molecule has 4 atom stereocenters. The molecule has 0 spiro atoms. The maximum Gasteiger partial charge on any atom is 0.241 e. The third kappa shape index (κ3) is 2.43. The number of hydrogen-bond acceptors (Lipinski definition) is 3. The summed E-state index contributed by atoms with van der Waals surface area (Å²) in [5.41, 5.74) is 0. The van der Waals surface area contributed by atoms with Crippen molar-refractivity contribution in [3.05, 3.63) is 29.6 Å². The van der Waals surface area contributed by atoms with E-state index in [1.165, 1.54) is 0 Å². The molecule has 0 saturated heterocycles. The molecule has 0 N–H and O–H groups in total. The molecule has 2 aliphatic rings. The molecule has 1 aromatic rings. The summed E-state index contributed by atoms with van der Waals surface area (Å²) >= 11 is 0. The molecule has 0 radical (unpaired) electrons. The summed E-state index contributed by atoms with van der Waals surface area (Å²) in [7, 11) is -2.07. The maximum absolute atomic E-state index is 14.0. The second-order valence-corrected chi connectivity index (χ2v) is 6.17. The van der Waals surface area contributed by atoms with Gasteiger partial charge in [-0.25, -0.2) is 31.4 Å². The summed E-state index contributed by atoms with van der Waals surface area (Å²) in [4.78, 5) is 3.72. The fourth-order valence-corrected chi connectivity index (χ4v) is 3.13. The predicted molar refractivity (Wildman–Crippen MR) is 66.4 cm³/mol. The van der Waals surface area contributed by atoms with Crippen LogP contribution >= 0.6 is 0 Å². The molecule has 1 unspecified atom stereocenters. The maximum atomic E-state index is 14.0. The van der Waals surface area contributed by atoms with Gasteiger partial charge in [-0.2, -0.15) is 0 Å². The highest BCUT2D eigenvalue weighted by Crippen LogP contribution is 2.45. The molecule has 9 heteroatoms. The van der Waals surface area contributed by atoms with E-state index in [0.29, 0.717) is 0 Å². The minimum atomic E-state index is -2.07. The van der Waals surface area contributed by atoms with Crippen molar-refractivity contribution in [3.63, 3.8) is 0 Å². The molecule has 1 aliphatic heterocycles. The average molecular weight is 321 g/mol. The monoisotopic (exact) mass is 321 g/mol. The minimum absolute atomic E-state index is 0.0862. The van der Waals surface area contributed by atoms with Crippen LogP contribution in [-0.4, -0.2) is 25.0 Å². The molecule has 3 rings (SSSR count). The third-order valence-corrected chi connectivity index (χ3v) is 4.42. The number of allylic oxidation sites excluding steroid dienone is 4. The lowest BCUT2D eigenvalue weighted by molar-refractivity contribution is 0.254. The Kier molecular flexibility index (Phi) is 3.68. The van der Waals surface area contributed by atoms with Crippen molar-refractivity contribution in [1.82, 2.24) is 14.8 Å². The van der Waals surface area contributed by atoms with Gasteiger partial charge in [-0.1, -0.05) is 0 Å². The van der Waals surface area contributed by atoms with E-state index >= 15 is 0 Å². The van der Waals surface area contributed by atoms with Crippen LogP contribution in [0.15, 0.2) is 29.0 Å². The number of nitrogens with zero attached hydrogens (tertiary/aromatic N) is 3. The number of halogens is 4. The smallest absolute Gasteiger partial charge is 0.241 e. The number of fused-ring (bicyclic) bond motifs is 1. The van der Waals surface area contributed by atoms with Gasteiger partial charge in [-0.3, -0.25) is 0 Å². The fraction of sp³-hybridized carbons (Fsp3) is 0.500. The molecule has 1 aliphatic carbocycles. The number of aromatic nitrogens is 3. The molecule has 0 aromatic carbocycles. The summed E-state index contributed by atoms with van der Waals surface area (Å²) in [5.74, 6) is -2.06. The zero-order chi connectivity index (χ0) is 15.1. The van der Waals surface area contributed by atoms with E-state index in [1.54, 1.807) is 0 Å². The van der Waals surface area contributed by atoms with Crippen LogP contribution in [-0.2, 0) is 10.8 Å². The molecule has 21 heavy (non-hydrogen) atoms. The standard InChI is InChI=1S/C12H11F4N3OS/c13-5-21(20)12-17-11-9(16)4-10(19(11)18-12)7-3-6(14)1-2-8(7)15/h1-2,7,9-10H,3-5H2/t7?,9-,10-,21+/m0/s1. The average Bonchev–Trinajstić information content (AvgIpc) is 3.02. The van der Waals surface area contributed by atoms with Gasteiger partial charge in [0.2, 0.25) is 5.16 Å². The lowest BCUT2D eigenvalue weighted by Crippen LogP contribution is -2.20. The summed E-state index contributed by atoms with van der Waals surface area (Å²) in [6, 6.07) is -1.94. The van der Waals surface area contributed by atoms with Crippen molar-refractivity contribution in [2.75, 3.05) is 6.01 Å². The molecule has 2 heterocycles. The van der Waals surface area contributed by atoms with Crippen molar-refractivity contribution >= 4 is 10.8 Å². The van der Waals surface area contributed by atoms with Gasteiger partial charge in [0.1, 0.15) is 22.5 Å². The van der Waals surface area contributed by atoms with Crippen LogP contribution in [0.4, 0.5) is 17.6 Å². The quantitative estimate of drug-likeness (QED) is 0.804. The largest absolute Gasteiger partial charge is 0.248 e. The molecule has 0 bridgehead atoms. The van der Waals surface area contributed by atoms with Gasteiger partial charge < -0.3 is 0 Å². The number of alkyl halides is 2. The van der Waals surface area contributed by atoms with Gasteiger partial charge in [0.05, 0.1) is 6.04 Å².